The number of nitrogens with zero attached hydrogens (tertiary/aromatic N) is 1. The van der Waals surface area contributed by atoms with Gasteiger partial charge in [0.2, 0.25) is 0 Å². The third kappa shape index (κ3) is 3.88. The van der Waals surface area contributed by atoms with Crippen LogP contribution in [0.3, 0.4) is 0 Å². The predicted molar refractivity (Wildman–Crippen MR) is 85.5 cm³/mol. The van der Waals surface area contributed by atoms with E-state index in [-0.39, 0.29) is 12.4 Å². The van der Waals surface area contributed by atoms with E-state index in [1.165, 1.54) is 58.2 Å². The lowest BCUT2D eigenvalue weighted by atomic mass is 9.92. The molecule has 3 nitrogen and oxygen atoms in total. The van der Waals surface area contributed by atoms with Crippen molar-refractivity contribution in [3.63, 3.8) is 0 Å². The number of hydrogen-bond acceptors (Lipinski definition) is 3. The molecule has 0 aromatic carbocycles. The van der Waals surface area contributed by atoms with Gasteiger partial charge >= 0.3 is 0 Å². The molecule has 3 rings (SSSR count). The molecule has 0 amide bonds. The van der Waals surface area contributed by atoms with Crippen molar-refractivity contribution < 1.29 is 4.74 Å². The Morgan fingerprint density at radius 1 is 1.20 bits per heavy atom. The summed E-state index contributed by atoms with van der Waals surface area (Å²) in [5.41, 5.74) is 0. The van der Waals surface area contributed by atoms with E-state index in [0.717, 1.165) is 36.9 Å². The second-order valence-electron chi connectivity index (χ2n) is 6.94. The summed E-state index contributed by atoms with van der Waals surface area (Å²) in [6, 6.07) is 0.871. The van der Waals surface area contributed by atoms with Crippen molar-refractivity contribution in [2.24, 2.45) is 17.8 Å². The van der Waals surface area contributed by atoms with E-state index in [1.807, 2.05) is 7.11 Å². The topological polar surface area (TPSA) is 24.5 Å². The van der Waals surface area contributed by atoms with Crippen molar-refractivity contribution in [2.75, 3.05) is 39.9 Å². The maximum Gasteiger partial charge on any atom is 0.0589 e. The highest BCUT2D eigenvalue weighted by Crippen LogP contribution is 2.46. The standard InChI is InChI=1S/C16H30N2O.ClH/c1-19-8-7-18(12-14-3-2-6-17-11-14)16-10-13-4-5-15(16)9-13;/h13-17H,2-12H2,1H3;1H. The number of piperidine rings is 1. The van der Waals surface area contributed by atoms with E-state index in [9.17, 15) is 0 Å². The number of rotatable bonds is 6. The lowest BCUT2D eigenvalue weighted by Crippen LogP contribution is -2.46. The van der Waals surface area contributed by atoms with E-state index in [2.05, 4.69) is 10.2 Å². The summed E-state index contributed by atoms with van der Waals surface area (Å²) in [6.07, 6.45) is 8.74. The lowest BCUT2D eigenvalue weighted by Gasteiger charge is -2.38. The normalized spacial score (nSPS) is 36.3. The average molecular weight is 303 g/mol. The highest BCUT2D eigenvalue weighted by atomic mass is 35.5. The SMILES string of the molecule is COCCN(CC1CCCNC1)C1CC2CCC1C2.Cl. The van der Waals surface area contributed by atoms with Crippen LogP contribution in [0.15, 0.2) is 0 Å². The van der Waals surface area contributed by atoms with Gasteiger partial charge in [-0.05, 0) is 62.9 Å². The van der Waals surface area contributed by atoms with Crippen molar-refractivity contribution in [2.45, 2.75) is 44.6 Å². The van der Waals surface area contributed by atoms with Crippen LogP contribution in [-0.2, 0) is 4.74 Å². The van der Waals surface area contributed by atoms with Crippen LogP contribution in [0, 0.1) is 17.8 Å². The first-order chi connectivity index (χ1) is 9.36. The minimum absolute atomic E-state index is 0. The van der Waals surface area contributed by atoms with Crippen molar-refractivity contribution in [3.8, 4) is 0 Å². The fourth-order valence-electron chi connectivity index (χ4n) is 4.67. The van der Waals surface area contributed by atoms with Crippen LogP contribution in [0.4, 0.5) is 0 Å². The van der Waals surface area contributed by atoms with Crippen LogP contribution in [0.25, 0.3) is 0 Å². The van der Waals surface area contributed by atoms with E-state index in [0.29, 0.717) is 0 Å². The molecule has 1 saturated heterocycles. The van der Waals surface area contributed by atoms with E-state index < -0.39 is 0 Å². The number of methoxy groups -OCH3 is 1. The Morgan fingerprint density at radius 3 is 2.70 bits per heavy atom. The van der Waals surface area contributed by atoms with Gasteiger partial charge in [0, 0.05) is 26.2 Å². The molecule has 1 heterocycles. The number of fused-ring (bicyclic) bond motifs is 2. The zero-order valence-electron chi connectivity index (χ0n) is 12.9. The summed E-state index contributed by atoms with van der Waals surface area (Å²) in [6.45, 7) is 5.78. The molecule has 0 spiro atoms. The van der Waals surface area contributed by atoms with Gasteiger partial charge in [-0.25, -0.2) is 0 Å². The Bertz CT molecular complexity index is 284. The van der Waals surface area contributed by atoms with Crippen molar-refractivity contribution in [1.82, 2.24) is 10.2 Å². The molecule has 1 aliphatic heterocycles. The highest BCUT2D eigenvalue weighted by Gasteiger charge is 2.42. The summed E-state index contributed by atoms with van der Waals surface area (Å²) < 4.78 is 5.34. The quantitative estimate of drug-likeness (QED) is 0.816. The van der Waals surface area contributed by atoms with Crippen LogP contribution < -0.4 is 5.32 Å². The first kappa shape index (κ1) is 16.5. The zero-order chi connectivity index (χ0) is 13.1. The smallest absolute Gasteiger partial charge is 0.0589 e. The number of hydrogen-bond donors (Lipinski definition) is 1. The van der Waals surface area contributed by atoms with Gasteiger partial charge in [-0.3, -0.25) is 4.90 Å². The maximum atomic E-state index is 5.34. The first-order valence-electron chi connectivity index (χ1n) is 8.30. The van der Waals surface area contributed by atoms with Gasteiger partial charge in [0.15, 0.2) is 0 Å². The van der Waals surface area contributed by atoms with Crippen LogP contribution in [-0.4, -0.2) is 50.8 Å². The molecule has 1 N–H and O–H groups in total. The van der Waals surface area contributed by atoms with E-state index >= 15 is 0 Å². The Morgan fingerprint density at radius 2 is 2.10 bits per heavy atom. The number of ether oxygens (including phenoxy) is 1. The highest BCUT2D eigenvalue weighted by molar-refractivity contribution is 5.85. The minimum atomic E-state index is 0. The summed E-state index contributed by atoms with van der Waals surface area (Å²) in [5, 5.41) is 3.56. The van der Waals surface area contributed by atoms with Gasteiger partial charge in [0.25, 0.3) is 0 Å². The molecule has 4 heteroatoms. The molecule has 0 aromatic rings. The molecule has 0 radical (unpaired) electrons. The van der Waals surface area contributed by atoms with Gasteiger partial charge < -0.3 is 10.1 Å². The van der Waals surface area contributed by atoms with Gasteiger partial charge in [0.05, 0.1) is 6.61 Å². The fraction of sp³-hybridized carbons (Fsp3) is 1.00. The molecule has 4 atom stereocenters. The molecule has 2 bridgehead atoms. The van der Waals surface area contributed by atoms with Crippen molar-refractivity contribution >= 4 is 12.4 Å². The Balaban J connectivity index is 0.00000147. The van der Waals surface area contributed by atoms with E-state index in [4.69, 9.17) is 4.74 Å². The second-order valence-corrected chi connectivity index (χ2v) is 6.94. The second kappa shape index (κ2) is 7.98. The molecule has 0 aromatic heterocycles. The van der Waals surface area contributed by atoms with Crippen LogP contribution >= 0.6 is 12.4 Å². The van der Waals surface area contributed by atoms with Crippen molar-refractivity contribution in [3.05, 3.63) is 0 Å². The zero-order valence-corrected chi connectivity index (χ0v) is 13.7. The fourth-order valence-corrected chi connectivity index (χ4v) is 4.67. The summed E-state index contributed by atoms with van der Waals surface area (Å²) >= 11 is 0. The van der Waals surface area contributed by atoms with Crippen LogP contribution in [0.2, 0.25) is 0 Å². The Labute approximate surface area is 130 Å². The Hall–Kier alpha value is 0.170. The molecular weight excluding hydrogens is 272 g/mol. The third-order valence-electron chi connectivity index (χ3n) is 5.64. The van der Waals surface area contributed by atoms with Crippen LogP contribution in [0.1, 0.15) is 38.5 Å². The van der Waals surface area contributed by atoms with Gasteiger partial charge in [-0.1, -0.05) is 6.42 Å². The molecule has 3 aliphatic rings. The molecule has 20 heavy (non-hydrogen) atoms. The first-order valence-corrected chi connectivity index (χ1v) is 8.30. The van der Waals surface area contributed by atoms with Gasteiger partial charge in [-0.2, -0.15) is 0 Å². The van der Waals surface area contributed by atoms with E-state index in [1.54, 1.807) is 0 Å². The average Bonchev–Trinajstić information content (AvgIpc) is 3.07. The summed E-state index contributed by atoms with van der Waals surface area (Å²) in [4.78, 5) is 2.78. The third-order valence-corrected chi connectivity index (χ3v) is 5.64. The summed E-state index contributed by atoms with van der Waals surface area (Å²) in [7, 11) is 1.83. The Kier molecular flexibility index (Phi) is 6.60. The number of halogens is 1. The molecule has 4 unspecified atom stereocenters. The molecule has 2 saturated carbocycles. The number of nitrogens with one attached hydrogen (secondary N) is 1. The molecular formula is C16H31ClN2O. The molecule has 2 aliphatic carbocycles. The minimum Gasteiger partial charge on any atom is -0.383 e. The molecule has 118 valence electrons. The monoisotopic (exact) mass is 302 g/mol. The summed E-state index contributed by atoms with van der Waals surface area (Å²) in [5.74, 6) is 2.91. The maximum absolute atomic E-state index is 5.34. The largest absolute Gasteiger partial charge is 0.383 e. The van der Waals surface area contributed by atoms with Crippen molar-refractivity contribution in [1.29, 1.82) is 0 Å². The van der Waals surface area contributed by atoms with Gasteiger partial charge in [0.1, 0.15) is 0 Å². The van der Waals surface area contributed by atoms with Crippen LogP contribution in [0.5, 0.6) is 0 Å². The molecule has 3 fully saturated rings. The lowest BCUT2D eigenvalue weighted by molar-refractivity contribution is 0.0766. The predicted octanol–water partition coefficient (Wildman–Crippen LogP) is 2.54. The van der Waals surface area contributed by atoms with Gasteiger partial charge in [-0.15, -0.1) is 12.4 Å².